The molecule has 1 saturated heterocycles. The smallest absolute Gasteiger partial charge is 0.419 e. The monoisotopic (exact) mass is 464 g/mol. The first-order valence-electron chi connectivity index (χ1n) is 9.68. The molecule has 1 aromatic carbocycles. The predicted octanol–water partition coefficient (Wildman–Crippen LogP) is 4.25. The second-order valence-electron chi connectivity index (χ2n) is 7.59. The predicted molar refractivity (Wildman–Crippen MR) is 111 cm³/mol. The van der Waals surface area contributed by atoms with E-state index in [1.807, 2.05) is 0 Å². The van der Waals surface area contributed by atoms with Crippen LogP contribution >= 0.6 is 12.2 Å². The summed E-state index contributed by atoms with van der Waals surface area (Å²) in [6.07, 6.45) is -2.30. The number of amides is 1. The molecular weight excluding hydrogens is 448 g/mol. The number of phenols is 1. The Hall–Kier alpha value is -3.26. The molecule has 2 fully saturated rings. The summed E-state index contributed by atoms with van der Waals surface area (Å²) in [6.45, 7) is -0.700. The van der Waals surface area contributed by atoms with Crippen LogP contribution in [0.5, 0.6) is 5.75 Å². The number of carbonyl (C=O) groups is 1. The number of carbonyl (C=O) groups excluding carboxylic acids is 1. The van der Waals surface area contributed by atoms with Crippen molar-refractivity contribution in [3.05, 3.63) is 47.3 Å². The summed E-state index contributed by atoms with van der Waals surface area (Å²) in [7, 11) is 0. The highest BCUT2D eigenvalue weighted by Gasteiger charge is 2.59. The summed E-state index contributed by atoms with van der Waals surface area (Å²) in [6, 6.07) is 6.52. The number of anilines is 2. The third-order valence-corrected chi connectivity index (χ3v) is 6.19. The standard InChI is InChI=1S/C21H16F4N4O2S/c22-7-4-12-8-13(2-3-17(12)30)29-19(32)28(18(31)20(29)5-1-6-20)14-9-15(21(23,24)25)16(10-26)27-11-14/h2-3,8-9,11,30H,1,4-7H2. The number of nitriles is 1. The summed E-state index contributed by atoms with van der Waals surface area (Å²) < 4.78 is 53.2. The summed E-state index contributed by atoms with van der Waals surface area (Å²) in [5.41, 5.74) is -2.57. The van der Waals surface area contributed by atoms with E-state index in [0.717, 1.165) is 11.1 Å². The van der Waals surface area contributed by atoms with E-state index in [4.69, 9.17) is 17.5 Å². The molecular formula is C21H16F4N4O2S. The average Bonchev–Trinajstić information content (AvgIpc) is 2.95. The van der Waals surface area contributed by atoms with Crippen LogP contribution in [0.3, 0.4) is 0 Å². The maximum absolute atomic E-state index is 13.4. The molecule has 1 spiro atoms. The summed E-state index contributed by atoms with van der Waals surface area (Å²) in [5, 5.41) is 18.9. The normalized spacial score (nSPS) is 17.6. The molecule has 0 unspecified atom stereocenters. The van der Waals surface area contributed by atoms with Gasteiger partial charge in [-0.25, -0.2) is 4.98 Å². The number of phenolic OH excluding ortho intramolecular Hbond substituents is 1. The lowest BCUT2D eigenvalue weighted by Gasteiger charge is -2.43. The molecule has 4 rings (SSSR count). The number of alkyl halides is 4. The van der Waals surface area contributed by atoms with Gasteiger partial charge in [0.2, 0.25) is 0 Å². The van der Waals surface area contributed by atoms with Crippen molar-refractivity contribution < 1.29 is 27.5 Å². The largest absolute Gasteiger partial charge is 0.508 e. The molecule has 1 aliphatic carbocycles. The Labute approximate surface area is 185 Å². The van der Waals surface area contributed by atoms with Gasteiger partial charge in [-0.05, 0) is 61.3 Å². The molecule has 11 heteroatoms. The number of hydrogen-bond donors (Lipinski definition) is 1. The average molecular weight is 464 g/mol. The molecule has 2 aliphatic rings. The van der Waals surface area contributed by atoms with Gasteiger partial charge >= 0.3 is 6.18 Å². The Morgan fingerprint density at radius 3 is 2.53 bits per heavy atom. The molecule has 1 aromatic heterocycles. The number of aryl methyl sites for hydroxylation is 1. The highest BCUT2D eigenvalue weighted by molar-refractivity contribution is 7.81. The maximum atomic E-state index is 13.4. The van der Waals surface area contributed by atoms with Crippen molar-refractivity contribution in [2.24, 2.45) is 0 Å². The van der Waals surface area contributed by atoms with Gasteiger partial charge in [-0.1, -0.05) is 0 Å². The molecule has 166 valence electrons. The molecule has 0 radical (unpaired) electrons. The van der Waals surface area contributed by atoms with Crippen molar-refractivity contribution in [2.75, 3.05) is 16.5 Å². The van der Waals surface area contributed by atoms with Crippen LogP contribution in [-0.4, -0.2) is 33.3 Å². The zero-order valence-corrected chi connectivity index (χ0v) is 17.3. The summed E-state index contributed by atoms with van der Waals surface area (Å²) in [5.74, 6) is -0.595. The Kier molecular flexibility index (Phi) is 5.29. The van der Waals surface area contributed by atoms with Crippen molar-refractivity contribution >= 4 is 34.6 Å². The third kappa shape index (κ3) is 3.26. The third-order valence-electron chi connectivity index (χ3n) is 5.82. The lowest BCUT2D eigenvalue weighted by atomic mass is 9.75. The first-order chi connectivity index (χ1) is 15.1. The van der Waals surface area contributed by atoms with Crippen LogP contribution in [0.15, 0.2) is 30.5 Å². The van der Waals surface area contributed by atoms with E-state index in [1.54, 1.807) is 4.90 Å². The highest BCUT2D eigenvalue weighted by atomic mass is 32.1. The summed E-state index contributed by atoms with van der Waals surface area (Å²) >= 11 is 5.51. The number of rotatable bonds is 4. The molecule has 2 heterocycles. The SMILES string of the molecule is N#Cc1ncc(N2C(=O)C3(CCC3)N(c3ccc(O)c(CCF)c3)C2=S)cc1C(F)(F)F. The van der Waals surface area contributed by atoms with E-state index in [-0.39, 0.29) is 23.0 Å². The zero-order chi connectivity index (χ0) is 23.3. The van der Waals surface area contributed by atoms with Gasteiger partial charge < -0.3 is 10.0 Å². The Bertz CT molecular complexity index is 1160. The van der Waals surface area contributed by atoms with Crippen LogP contribution in [0, 0.1) is 11.3 Å². The Morgan fingerprint density at radius 2 is 1.97 bits per heavy atom. The van der Waals surface area contributed by atoms with E-state index in [1.165, 1.54) is 24.3 Å². The van der Waals surface area contributed by atoms with Crippen molar-refractivity contribution in [2.45, 2.75) is 37.4 Å². The number of thiocarbonyl (C=S) groups is 1. The van der Waals surface area contributed by atoms with Crippen molar-refractivity contribution in [3.63, 3.8) is 0 Å². The Balaban J connectivity index is 1.81. The number of halogens is 4. The fourth-order valence-corrected chi connectivity index (χ4v) is 4.57. The lowest BCUT2D eigenvalue weighted by molar-refractivity contribution is -0.138. The van der Waals surface area contributed by atoms with Gasteiger partial charge in [-0.2, -0.15) is 18.4 Å². The molecule has 0 atom stereocenters. The van der Waals surface area contributed by atoms with E-state index < -0.39 is 35.6 Å². The van der Waals surface area contributed by atoms with Gasteiger partial charge in [0.1, 0.15) is 17.4 Å². The second kappa shape index (κ2) is 7.70. The molecule has 32 heavy (non-hydrogen) atoms. The number of benzene rings is 1. The highest BCUT2D eigenvalue weighted by Crippen LogP contribution is 2.48. The second-order valence-corrected chi connectivity index (χ2v) is 7.96. The van der Waals surface area contributed by atoms with Gasteiger partial charge in [0.15, 0.2) is 10.8 Å². The molecule has 1 aliphatic heterocycles. The fraction of sp³-hybridized carbons (Fsp3) is 0.333. The van der Waals surface area contributed by atoms with E-state index in [2.05, 4.69) is 4.98 Å². The number of pyridine rings is 1. The zero-order valence-electron chi connectivity index (χ0n) is 16.5. The minimum atomic E-state index is -4.84. The van der Waals surface area contributed by atoms with Crippen LogP contribution in [0.1, 0.15) is 36.1 Å². The van der Waals surface area contributed by atoms with Crippen LogP contribution in [0.25, 0.3) is 0 Å². The number of hydrogen-bond acceptors (Lipinski definition) is 5. The number of aromatic hydroxyl groups is 1. The quantitative estimate of drug-likeness (QED) is 0.538. The molecule has 1 amide bonds. The van der Waals surface area contributed by atoms with Gasteiger partial charge in [0.05, 0.1) is 24.1 Å². The van der Waals surface area contributed by atoms with Crippen LogP contribution in [0.2, 0.25) is 0 Å². The van der Waals surface area contributed by atoms with Crippen molar-refractivity contribution in [1.82, 2.24) is 4.98 Å². The van der Waals surface area contributed by atoms with Gasteiger partial charge in [-0.3, -0.25) is 14.1 Å². The molecule has 0 bridgehead atoms. The van der Waals surface area contributed by atoms with Crippen LogP contribution in [-0.2, 0) is 17.4 Å². The van der Waals surface area contributed by atoms with E-state index >= 15 is 0 Å². The molecule has 1 N–H and O–H groups in total. The van der Waals surface area contributed by atoms with Crippen LogP contribution in [0.4, 0.5) is 28.9 Å². The molecule has 6 nitrogen and oxygen atoms in total. The minimum Gasteiger partial charge on any atom is -0.508 e. The molecule has 1 saturated carbocycles. The lowest BCUT2D eigenvalue weighted by Crippen LogP contribution is -2.55. The van der Waals surface area contributed by atoms with Crippen molar-refractivity contribution in [1.29, 1.82) is 5.26 Å². The van der Waals surface area contributed by atoms with Gasteiger partial charge in [-0.15, -0.1) is 0 Å². The first-order valence-corrected chi connectivity index (χ1v) is 10.1. The topological polar surface area (TPSA) is 80.5 Å². The Morgan fingerprint density at radius 1 is 1.25 bits per heavy atom. The minimum absolute atomic E-state index is 0.0422. The maximum Gasteiger partial charge on any atom is 0.419 e. The van der Waals surface area contributed by atoms with Gasteiger partial charge in [0.25, 0.3) is 5.91 Å². The summed E-state index contributed by atoms with van der Waals surface area (Å²) in [4.78, 5) is 19.6. The number of aromatic nitrogens is 1. The number of nitrogens with zero attached hydrogens (tertiary/aromatic N) is 4. The fourth-order valence-electron chi connectivity index (χ4n) is 4.10. The van der Waals surface area contributed by atoms with E-state index in [9.17, 15) is 27.5 Å². The van der Waals surface area contributed by atoms with Gasteiger partial charge in [0, 0.05) is 12.1 Å². The molecule has 2 aromatic rings. The van der Waals surface area contributed by atoms with E-state index in [0.29, 0.717) is 36.6 Å². The van der Waals surface area contributed by atoms with Crippen LogP contribution < -0.4 is 9.80 Å². The van der Waals surface area contributed by atoms with Crippen molar-refractivity contribution in [3.8, 4) is 11.8 Å². The first kappa shape index (κ1) is 22.0.